The van der Waals surface area contributed by atoms with Crippen LogP contribution in [0.1, 0.15) is 34.6 Å². The number of aromatic nitrogens is 4. The zero-order chi connectivity index (χ0) is 27.3. The largest absolute Gasteiger partial charge is 0.345 e. The topological polar surface area (TPSA) is 85.1 Å². The van der Waals surface area contributed by atoms with Crippen LogP contribution in [-0.2, 0) is 11.8 Å². The summed E-state index contributed by atoms with van der Waals surface area (Å²) in [6.07, 6.45) is 3.44. The third-order valence-corrected chi connectivity index (χ3v) is 7.31. The SMILES string of the molecule is Cc1cccc(C2C(NC(=O)c3ccn(C)n3)C(C)C(=O)N2c2ccc3c(cnn3-c3ccc(F)cc3)c2)c1. The molecule has 0 radical (unpaired) electrons. The van der Waals surface area contributed by atoms with E-state index in [-0.39, 0.29) is 17.6 Å². The maximum absolute atomic E-state index is 13.8. The molecule has 3 aromatic carbocycles. The smallest absolute Gasteiger partial charge is 0.272 e. The monoisotopic (exact) mass is 522 g/mol. The standard InChI is InChI=1S/C30H27FN6O2/c1-18-5-4-6-20(15-18)28-27(33-29(38)25-13-14-35(3)34-25)19(2)30(39)36(28)24-11-12-26-21(16-24)17-32-37(26)23-9-7-22(31)8-10-23/h4-17,19,27-28H,1-3H3,(H,33,38). The molecule has 1 saturated heterocycles. The molecule has 3 heterocycles. The highest BCUT2D eigenvalue weighted by molar-refractivity contribution is 6.02. The van der Waals surface area contributed by atoms with E-state index in [2.05, 4.69) is 15.5 Å². The molecule has 39 heavy (non-hydrogen) atoms. The van der Waals surface area contributed by atoms with E-state index in [9.17, 15) is 14.0 Å². The first kappa shape index (κ1) is 24.5. The second-order valence-electron chi connectivity index (χ2n) is 10.0. The van der Waals surface area contributed by atoms with E-state index in [0.717, 1.165) is 27.7 Å². The first-order chi connectivity index (χ1) is 18.8. The Morgan fingerprint density at radius 3 is 2.49 bits per heavy atom. The molecular weight excluding hydrogens is 495 g/mol. The average molecular weight is 523 g/mol. The summed E-state index contributed by atoms with van der Waals surface area (Å²) in [7, 11) is 1.75. The van der Waals surface area contributed by atoms with E-state index in [1.807, 2.05) is 56.3 Å². The fourth-order valence-corrected chi connectivity index (χ4v) is 5.37. The summed E-state index contributed by atoms with van der Waals surface area (Å²) in [5.41, 5.74) is 4.57. The maximum atomic E-state index is 13.8. The van der Waals surface area contributed by atoms with E-state index in [0.29, 0.717) is 11.4 Å². The van der Waals surface area contributed by atoms with Crippen LogP contribution >= 0.6 is 0 Å². The predicted molar refractivity (Wildman–Crippen MR) is 146 cm³/mol. The summed E-state index contributed by atoms with van der Waals surface area (Å²) in [6, 6.07) is 20.6. The normalized spacial score (nSPS) is 19.1. The fraction of sp³-hybridized carbons (Fsp3) is 0.200. The van der Waals surface area contributed by atoms with Crippen molar-refractivity contribution in [3.63, 3.8) is 0 Å². The molecule has 2 aromatic heterocycles. The highest BCUT2D eigenvalue weighted by Crippen LogP contribution is 2.41. The van der Waals surface area contributed by atoms with Crippen molar-refractivity contribution in [2.45, 2.75) is 25.9 Å². The van der Waals surface area contributed by atoms with E-state index in [4.69, 9.17) is 0 Å². The second kappa shape index (κ2) is 9.50. The molecule has 2 amide bonds. The number of hydrogen-bond acceptors (Lipinski definition) is 4. The number of carbonyl (C=O) groups is 2. The molecule has 0 bridgehead atoms. The molecular formula is C30H27FN6O2. The summed E-state index contributed by atoms with van der Waals surface area (Å²) < 4.78 is 16.8. The molecule has 196 valence electrons. The molecule has 1 N–H and O–H groups in total. The number of nitrogens with one attached hydrogen (secondary N) is 1. The van der Waals surface area contributed by atoms with Gasteiger partial charge >= 0.3 is 0 Å². The van der Waals surface area contributed by atoms with Gasteiger partial charge in [0.2, 0.25) is 5.91 Å². The average Bonchev–Trinajstić information content (AvgIpc) is 3.61. The van der Waals surface area contributed by atoms with Crippen molar-refractivity contribution in [1.29, 1.82) is 0 Å². The van der Waals surface area contributed by atoms with Gasteiger partial charge in [0.15, 0.2) is 0 Å². The van der Waals surface area contributed by atoms with Gasteiger partial charge in [0.1, 0.15) is 11.5 Å². The first-order valence-corrected chi connectivity index (χ1v) is 12.7. The van der Waals surface area contributed by atoms with Crippen molar-refractivity contribution >= 4 is 28.4 Å². The van der Waals surface area contributed by atoms with Gasteiger partial charge in [0.25, 0.3) is 5.91 Å². The predicted octanol–water partition coefficient (Wildman–Crippen LogP) is 4.73. The molecule has 9 heteroatoms. The number of fused-ring (bicyclic) bond motifs is 1. The fourth-order valence-electron chi connectivity index (χ4n) is 5.37. The quantitative estimate of drug-likeness (QED) is 0.362. The number of amides is 2. The van der Waals surface area contributed by atoms with E-state index in [1.54, 1.807) is 51.9 Å². The van der Waals surface area contributed by atoms with Crippen molar-refractivity contribution < 1.29 is 14.0 Å². The van der Waals surface area contributed by atoms with Crippen LogP contribution in [0.25, 0.3) is 16.6 Å². The zero-order valence-electron chi connectivity index (χ0n) is 21.7. The van der Waals surface area contributed by atoms with Gasteiger partial charge in [-0.05, 0) is 61.0 Å². The van der Waals surface area contributed by atoms with Crippen molar-refractivity contribution in [1.82, 2.24) is 24.9 Å². The number of anilines is 1. The number of benzene rings is 3. The van der Waals surface area contributed by atoms with Crippen LogP contribution in [-0.4, -0.2) is 37.4 Å². The minimum absolute atomic E-state index is 0.0851. The van der Waals surface area contributed by atoms with Crippen molar-refractivity contribution in [2.75, 3.05) is 4.90 Å². The van der Waals surface area contributed by atoms with Crippen LogP contribution in [0.4, 0.5) is 10.1 Å². The molecule has 1 fully saturated rings. The molecule has 3 unspecified atom stereocenters. The molecule has 1 aliphatic heterocycles. The lowest BCUT2D eigenvalue weighted by atomic mass is 9.93. The molecule has 0 aliphatic carbocycles. The number of hydrogen-bond donors (Lipinski definition) is 1. The molecule has 3 atom stereocenters. The van der Waals surface area contributed by atoms with Crippen LogP contribution in [0, 0.1) is 18.7 Å². The minimum atomic E-state index is -0.480. The van der Waals surface area contributed by atoms with E-state index < -0.39 is 18.0 Å². The Bertz CT molecular complexity index is 1710. The summed E-state index contributed by atoms with van der Waals surface area (Å²) in [6.45, 7) is 3.85. The second-order valence-corrected chi connectivity index (χ2v) is 10.0. The number of nitrogens with zero attached hydrogens (tertiary/aromatic N) is 5. The van der Waals surface area contributed by atoms with Gasteiger partial charge in [0.05, 0.1) is 35.4 Å². The third-order valence-electron chi connectivity index (χ3n) is 7.31. The minimum Gasteiger partial charge on any atom is -0.345 e. The molecule has 0 spiro atoms. The lowest BCUT2D eigenvalue weighted by Gasteiger charge is -2.29. The van der Waals surface area contributed by atoms with Crippen LogP contribution in [0.3, 0.4) is 0 Å². The van der Waals surface area contributed by atoms with Crippen LogP contribution in [0.15, 0.2) is 85.2 Å². The molecule has 8 nitrogen and oxygen atoms in total. The lowest BCUT2D eigenvalue weighted by molar-refractivity contribution is -0.120. The van der Waals surface area contributed by atoms with E-state index in [1.165, 1.54) is 12.1 Å². The first-order valence-electron chi connectivity index (χ1n) is 12.7. The van der Waals surface area contributed by atoms with Gasteiger partial charge in [-0.15, -0.1) is 0 Å². The molecule has 1 aliphatic rings. The molecule has 6 rings (SSSR count). The molecule has 0 saturated carbocycles. The van der Waals surface area contributed by atoms with Gasteiger partial charge in [0, 0.05) is 24.3 Å². The number of carbonyl (C=O) groups excluding carboxylic acids is 2. The summed E-state index contributed by atoms with van der Waals surface area (Å²) in [5.74, 6) is -1.19. The Morgan fingerprint density at radius 2 is 1.77 bits per heavy atom. The molecule has 5 aromatic rings. The van der Waals surface area contributed by atoms with Gasteiger partial charge in [-0.1, -0.05) is 36.8 Å². The highest BCUT2D eigenvalue weighted by Gasteiger charge is 2.48. The van der Waals surface area contributed by atoms with E-state index >= 15 is 0 Å². The van der Waals surface area contributed by atoms with Crippen LogP contribution in [0.2, 0.25) is 0 Å². The number of rotatable bonds is 5. The summed E-state index contributed by atoms with van der Waals surface area (Å²) in [5, 5.41) is 12.7. The lowest BCUT2D eigenvalue weighted by Crippen LogP contribution is -2.42. The van der Waals surface area contributed by atoms with Crippen LogP contribution in [0.5, 0.6) is 0 Å². The number of aryl methyl sites for hydroxylation is 2. The van der Waals surface area contributed by atoms with Gasteiger partial charge < -0.3 is 10.2 Å². The van der Waals surface area contributed by atoms with Gasteiger partial charge in [-0.25, -0.2) is 9.07 Å². The van der Waals surface area contributed by atoms with Gasteiger partial charge in [-0.2, -0.15) is 10.2 Å². The Kier molecular flexibility index (Phi) is 5.98. The summed E-state index contributed by atoms with van der Waals surface area (Å²) in [4.78, 5) is 28.7. The Labute approximate surface area is 224 Å². The Morgan fingerprint density at radius 1 is 1.00 bits per heavy atom. The maximum Gasteiger partial charge on any atom is 0.272 e. The van der Waals surface area contributed by atoms with Crippen molar-refractivity contribution in [3.05, 3.63) is 108 Å². The number of halogens is 1. The van der Waals surface area contributed by atoms with Gasteiger partial charge in [-0.3, -0.25) is 14.3 Å². The Hall–Kier alpha value is -4.79. The van der Waals surface area contributed by atoms with Crippen molar-refractivity contribution in [2.24, 2.45) is 13.0 Å². The zero-order valence-corrected chi connectivity index (χ0v) is 21.7. The summed E-state index contributed by atoms with van der Waals surface area (Å²) >= 11 is 0. The third kappa shape index (κ3) is 4.35. The van der Waals surface area contributed by atoms with Crippen molar-refractivity contribution in [3.8, 4) is 5.69 Å². The van der Waals surface area contributed by atoms with Crippen LogP contribution < -0.4 is 10.2 Å². The highest BCUT2D eigenvalue weighted by atomic mass is 19.1. The Balaban J connectivity index is 1.41.